The van der Waals surface area contributed by atoms with Crippen LogP contribution in [0.4, 0.5) is 11.4 Å². The second kappa shape index (κ2) is 5.35. The lowest BCUT2D eigenvalue weighted by molar-refractivity contribution is -0.385. The molecule has 0 spiro atoms. The van der Waals surface area contributed by atoms with Gasteiger partial charge < -0.3 is 10.2 Å². The Bertz CT molecular complexity index is 442. The van der Waals surface area contributed by atoms with Gasteiger partial charge in [0, 0.05) is 29.4 Å². The van der Waals surface area contributed by atoms with Gasteiger partial charge in [-0.1, -0.05) is 6.07 Å². The van der Waals surface area contributed by atoms with E-state index in [0.717, 1.165) is 12.2 Å². The number of nitro groups is 1. The number of benzene rings is 1. The minimum atomic E-state index is -0.350. The van der Waals surface area contributed by atoms with E-state index in [1.54, 1.807) is 19.1 Å². The first-order valence-corrected chi connectivity index (χ1v) is 5.90. The zero-order chi connectivity index (χ0) is 13.9. The SMILES string of the molecule is Cc1ccc(NCC(C)(C)N(C)C)cc1[N+](=O)[O-]. The Morgan fingerprint density at radius 3 is 2.50 bits per heavy atom. The van der Waals surface area contributed by atoms with Crippen molar-refractivity contribution < 1.29 is 4.92 Å². The molecule has 5 nitrogen and oxygen atoms in total. The summed E-state index contributed by atoms with van der Waals surface area (Å²) < 4.78 is 0. The summed E-state index contributed by atoms with van der Waals surface area (Å²) in [5, 5.41) is 14.1. The van der Waals surface area contributed by atoms with Crippen molar-refractivity contribution in [1.82, 2.24) is 4.90 Å². The largest absolute Gasteiger partial charge is 0.383 e. The van der Waals surface area contributed by atoms with E-state index < -0.39 is 0 Å². The lowest BCUT2D eigenvalue weighted by Gasteiger charge is -2.33. The van der Waals surface area contributed by atoms with E-state index in [1.165, 1.54) is 0 Å². The molecule has 1 aromatic carbocycles. The maximum absolute atomic E-state index is 10.9. The number of nitrogens with zero attached hydrogens (tertiary/aromatic N) is 2. The van der Waals surface area contributed by atoms with Crippen molar-refractivity contribution in [3.8, 4) is 0 Å². The maximum Gasteiger partial charge on any atom is 0.274 e. The predicted octanol–water partition coefficient (Wildman–Crippen LogP) is 2.66. The molecule has 0 atom stereocenters. The number of rotatable bonds is 5. The summed E-state index contributed by atoms with van der Waals surface area (Å²) in [7, 11) is 4.03. The number of likely N-dealkylation sites (N-methyl/N-ethyl adjacent to an activating group) is 1. The zero-order valence-corrected chi connectivity index (χ0v) is 11.7. The summed E-state index contributed by atoms with van der Waals surface area (Å²) in [5.41, 5.74) is 1.60. The van der Waals surface area contributed by atoms with Crippen LogP contribution < -0.4 is 5.32 Å². The number of aryl methyl sites for hydroxylation is 1. The van der Waals surface area contributed by atoms with Gasteiger partial charge in [-0.05, 0) is 40.9 Å². The highest BCUT2D eigenvalue weighted by atomic mass is 16.6. The van der Waals surface area contributed by atoms with Gasteiger partial charge >= 0.3 is 0 Å². The van der Waals surface area contributed by atoms with Crippen LogP contribution in [0, 0.1) is 17.0 Å². The summed E-state index contributed by atoms with van der Waals surface area (Å²) in [6, 6.07) is 5.22. The number of hydrogen-bond acceptors (Lipinski definition) is 4. The molecular weight excluding hydrogens is 230 g/mol. The maximum atomic E-state index is 10.9. The third-order valence-corrected chi connectivity index (χ3v) is 3.34. The Morgan fingerprint density at radius 1 is 1.39 bits per heavy atom. The van der Waals surface area contributed by atoms with Crippen LogP contribution in [0.3, 0.4) is 0 Å². The quantitative estimate of drug-likeness (QED) is 0.645. The lowest BCUT2D eigenvalue weighted by Crippen LogP contribution is -2.44. The Hall–Kier alpha value is -1.62. The molecule has 1 aromatic rings. The van der Waals surface area contributed by atoms with Crippen LogP contribution in [0.25, 0.3) is 0 Å². The fraction of sp³-hybridized carbons (Fsp3) is 0.538. The molecule has 18 heavy (non-hydrogen) atoms. The molecule has 0 heterocycles. The third-order valence-electron chi connectivity index (χ3n) is 3.34. The smallest absolute Gasteiger partial charge is 0.274 e. The van der Waals surface area contributed by atoms with Crippen LogP contribution in [-0.2, 0) is 0 Å². The molecule has 0 bridgehead atoms. The standard InChI is InChI=1S/C13H21N3O2/c1-10-6-7-11(8-12(10)16(17)18)14-9-13(2,3)15(4)5/h6-8,14H,9H2,1-5H3. The highest BCUT2D eigenvalue weighted by molar-refractivity contribution is 5.55. The summed E-state index contributed by atoms with van der Waals surface area (Å²) in [6.07, 6.45) is 0. The first-order chi connectivity index (χ1) is 8.24. The van der Waals surface area contributed by atoms with E-state index in [2.05, 4.69) is 24.1 Å². The average molecular weight is 251 g/mol. The predicted molar refractivity (Wildman–Crippen MR) is 74.1 cm³/mol. The fourth-order valence-corrected chi connectivity index (χ4v) is 1.39. The monoisotopic (exact) mass is 251 g/mol. The zero-order valence-electron chi connectivity index (χ0n) is 11.7. The van der Waals surface area contributed by atoms with E-state index in [9.17, 15) is 10.1 Å². The summed E-state index contributed by atoms with van der Waals surface area (Å²) in [4.78, 5) is 12.6. The molecule has 0 amide bonds. The van der Waals surface area contributed by atoms with Gasteiger partial charge in [0.15, 0.2) is 0 Å². The van der Waals surface area contributed by atoms with Crippen molar-refractivity contribution in [1.29, 1.82) is 0 Å². The van der Waals surface area contributed by atoms with Crippen LogP contribution in [0.5, 0.6) is 0 Å². The first kappa shape index (κ1) is 14.4. The highest BCUT2D eigenvalue weighted by Crippen LogP contribution is 2.23. The number of hydrogen-bond donors (Lipinski definition) is 1. The second-order valence-electron chi connectivity index (χ2n) is 5.32. The molecule has 0 aliphatic carbocycles. The van der Waals surface area contributed by atoms with Gasteiger partial charge in [0.05, 0.1) is 4.92 Å². The van der Waals surface area contributed by atoms with Gasteiger partial charge in [-0.3, -0.25) is 10.1 Å². The lowest BCUT2D eigenvalue weighted by atomic mass is 10.0. The molecule has 1 rings (SSSR count). The Labute approximate surface area is 108 Å². The van der Waals surface area contributed by atoms with Crippen molar-refractivity contribution >= 4 is 11.4 Å². The molecule has 1 N–H and O–H groups in total. The highest BCUT2D eigenvalue weighted by Gasteiger charge is 2.20. The first-order valence-electron chi connectivity index (χ1n) is 5.90. The number of nitrogens with one attached hydrogen (secondary N) is 1. The van der Waals surface area contributed by atoms with Crippen LogP contribution in [0.2, 0.25) is 0 Å². The molecule has 100 valence electrons. The normalized spacial score (nSPS) is 11.7. The Balaban J connectivity index is 2.81. The van der Waals surface area contributed by atoms with Crippen LogP contribution in [0.15, 0.2) is 18.2 Å². The van der Waals surface area contributed by atoms with Crippen LogP contribution in [-0.4, -0.2) is 36.0 Å². The molecular formula is C13H21N3O2. The summed E-state index contributed by atoms with van der Waals surface area (Å²) in [6.45, 7) is 6.69. The summed E-state index contributed by atoms with van der Waals surface area (Å²) in [5.74, 6) is 0. The second-order valence-corrected chi connectivity index (χ2v) is 5.32. The number of nitro benzene ring substituents is 1. The summed E-state index contributed by atoms with van der Waals surface area (Å²) >= 11 is 0. The van der Waals surface area contributed by atoms with Gasteiger partial charge in [-0.25, -0.2) is 0 Å². The molecule has 0 fully saturated rings. The van der Waals surface area contributed by atoms with Crippen LogP contribution in [0.1, 0.15) is 19.4 Å². The van der Waals surface area contributed by atoms with Crippen molar-refractivity contribution in [2.45, 2.75) is 26.3 Å². The molecule has 0 aromatic heterocycles. The molecule has 5 heteroatoms. The average Bonchev–Trinajstić information content (AvgIpc) is 2.27. The van der Waals surface area contributed by atoms with Crippen LogP contribution >= 0.6 is 0 Å². The molecule has 0 saturated carbocycles. The van der Waals surface area contributed by atoms with E-state index in [-0.39, 0.29) is 16.1 Å². The van der Waals surface area contributed by atoms with E-state index in [0.29, 0.717) is 5.56 Å². The van der Waals surface area contributed by atoms with Gasteiger partial charge in [-0.2, -0.15) is 0 Å². The fourth-order valence-electron chi connectivity index (χ4n) is 1.39. The van der Waals surface area contributed by atoms with Gasteiger partial charge in [0.1, 0.15) is 0 Å². The Morgan fingerprint density at radius 2 is 2.00 bits per heavy atom. The van der Waals surface area contributed by atoms with E-state index in [1.807, 2.05) is 20.2 Å². The molecule has 0 aliphatic rings. The van der Waals surface area contributed by atoms with Crippen molar-refractivity contribution in [3.63, 3.8) is 0 Å². The molecule has 0 unspecified atom stereocenters. The number of anilines is 1. The molecule has 0 aliphatic heterocycles. The van der Waals surface area contributed by atoms with Gasteiger partial charge in [0.25, 0.3) is 5.69 Å². The van der Waals surface area contributed by atoms with Crippen molar-refractivity contribution in [2.75, 3.05) is 26.0 Å². The van der Waals surface area contributed by atoms with E-state index in [4.69, 9.17) is 0 Å². The molecule has 0 saturated heterocycles. The molecule has 0 radical (unpaired) electrons. The van der Waals surface area contributed by atoms with Crippen molar-refractivity contribution in [2.24, 2.45) is 0 Å². The van der Waals surface area contributed by atoms with E-state index >= 15 is 0 Å². The topological polar surface area (TPSA) is 58.4 Å². The minimum absolute atomic E-state index is 0.0142. The Kier molecular flexibility index (Phi) is 4.29. The third kappa shape index (κ3) is 3.43. The van der Waals surface area contributed by atoms with Crippen molar-refractivity contribution in [3.05, 3.63) is 33.9 Å². The minimum Gasteiger partial charge on any atom is -0.383 e. The van der Waals surface area contributed by atoms with Gasteiger partial charge in [-0.15, -0.1) is 0 Å². The van der Waals surface area contributed by atoms with Gasteiger partial charge in [0.2, 0.25) is 0 Å².